The molecule has 2 rings (SSSR count). The molecule has 2 N–H and O–H groups in total. The Labute approximate surface area is 146 Å². The van der Waals surface area contributed by atoms with Crippen LogP contribution in [0.2, 0.25) is 5.02 Å². The summed E-state index contributed by atoms with van der Waals surface area (Å²) in [7, 11) is -3.67. The molecule has 0 unspecified atom stereocenters. The van der Waals surface area contributed by atoms with Crippen LogP contribution < -0.4 is 5.32 Å². The summed E-state index contributed by atoms with van der Waals surface area (Å²) < 4.78 is 26.5. The third kappa shape index (κ3) is 3.77. The molecular formula is C15H19ClN4O3S. The topological polar surface area (TPSA) is 95.2 Å². The predicted octanol–water partition coefficient (Wildman–Crippen LogP) is 2.65. The number of aromatic amines is 1. The molecule has 1 heterocycles. The molecule has 0 fully saturated rings. The van der Waals surface area contributed by atoms with Crippen LogP contribution in [0.25, 0.3) is 0 Å². The Balaban J connectivity index is 2.36. The van der Waals surface area contributed by atoms with Gasteiger partial charge in [0.15, 0.2) is 5.82 Å². The molecule has 7 nitrogen and oxygen atoms in total. The third-order valence-electron chi connectivity index (χ3n) is 3.47. The first kappa shape index (κ1) is 18.4. The monoisotopic (exact) mass is 370 g/mol. The normalized spacial score (nSPS) is 11.7. The maximum atomic E-state index is 12.6. The Morgan fingerprint density at radius 2 is 1.96 bits per heavy atom. The minimum atomic E-state index is -3.67. The number of hydrogen-bond acceptors (Lipinski definition) is 4. The molecule has 0 atom stereocenters. The molecule has 24 heavy (non-hydrogen) atoms. The van der Waals surface area contributed by atoms with E-state index in [2.05, 4.69) is 15.5 Å². The molecule has 2 aromatic rings. The third-order valence-corrected chi connectivity index (χ3v) is 5.85. The highest BCUT2D eigenvalue weighted by Gasteiger charge is 2.24. The Hall–Kier alpha value is -1.90. The maximum Gasteiger partial charge on any atom is 0.258 e. The summed E-state index contributed by atoms with van der Waals surface area (Å²) in [5.41, 5.74) is 0.861. The number of sulfonamides is 1. The fraction of sp³-hybridized carbons (Fsp3) is 0.333. The molecule has 0 saturated heterocycles. The van der Waals surface area contributed by atoms with E-state index in [1.807, 2.05) is 0 Å². The van der Waals surface area contributed by atoms with E-state index in [0.29, 0.717) is 18.9 Å². The zero-order valence-electron chi connectivity index (χ0n) is 13.6. The van der Waals surface area contributed by atoms with Gasteiger partial charge in [0, 0.05) is 24.8 Å². The summed E-state index contributed by atoms with van der Waals surface area (Å²) in [5.74, 6) is -0.186. The lowest BCUT2D eigenvalue weighted by molar-refractivity contribution is 0.102. The smallest absolute Gasteiger partial charge is 0.258 e. The van der Waals surface area contributed by atoms with Gasteiger partial charge in [-0.2, -0.15) is 9.40 Å². The van der Waals surface area contributed by atoms with E-state index in [-0.39, 0.29) is 15.5 Å². The average Bonchev–Trinajstić information content (AvgIpc) is 2.93. The van der Waals surface area contributed by atoms with Crippen LogP contribution in [0, 0.1) is 6.92 Å². The summed E-state index contributed by atoms with van der Waals surface area (Å²) in [4.78, 5) is 12.4. The van der Waals surface area contributed by atoms with E-state index in [4.69, 9.17) is 11.6 Å². The molecule has 0 radical (unpaired) electrons. The SMILES string of the molecule is CCN(CC)S(=O)(=O)c1ccc(Cl)c(C(=O)Nc2cc(C)[nH]n2)c1. The van der Waals surface area contributed by atoms with Gasteiger partial charge in [0.05, 0.1) is 15.5 Å². The van der Waals surface area contributed by atoms with Crippen LogP contribution in [0.15, 0.2) is 29.2 Å². The minimum Gasteiger partial charge on any atom is -0.305 e. The fourth-order valence-corrected chi connectivity index (χ4v) is 3.91. The number of benzene rings is 1. The summed E-state index contributed by atoms with van der Waals surface area (Å²) in [5, 5.41) is 9.36. The number of carbonyl (C=O) groups is 1. The highest BCUT2D eigenvalue weighted by atomic mass is 35.5. The van der Waals surface area contributed by atoms with Crippen LogP contribution >= 0.6 is 11.6 Å². The van der Waals surface area contributed by atoms with Crippen molar-refractivity contribution in [3.63, 3.8) is 0 Å². The van der Waals surface area contributed by atoms with Gasteiger partial charge in [-0.05, 0) is 25.1 Å². The van der Waals surface area contributed by atoms with Crippen LogP contribution in [0.5, 0.6) is 0 Å². The quantitative estimate of drug-likeness (QED) is 0.817. The molecule has 0 aliphatic carbocycles. The number of carbonyl (C=O) groups excluding carboxylic acids is 1. The number of halogens is 1. The second-order valence-corrected chi connectivity index (χ2v) is 7.47. The number of rotatable bonds is 6. The van der Waals surface area contributed by atoms with E-state index in [1.54, 1.807) is 26.8 Å². The summed E-state index contributed by atoms with van der Waals surface area (Å²) in [6, 6.07) is 5.74. The van der Waals surface area contributed by atoms with Crippen molar-refractivity contribution in [1.29, 1.82) is 0 Å². The molecule has 0 aliphatic rings. The number of aryl methyl sites for hydroxylation is 1. The van der Waals surface area contributed by atoms with Crippen molar-refractivity contribution in [2.24, 2.45) is 0 Å². The molecular weight excluding hydrogens is 352 g/mol. The van der Waals surface area contributed by atoms with Gasteiger partial charge in [-0.3, -0.25) is 9.89 Å². The van der Waals surface area contributed by atoms with Crippen LogP contribution in [0.1, 0.15) is 29.9 Å². The first-order valence-corrected chi connectivity index (χ1v) is 9.24. The molecule has 9 heteroatoms. The molecule has 1 amide bonds. The summed E-state index contributed by atoms with van der Waals surface area (Å²) in [6.45, 7) is 5.99. The van der Waals surface area contributed by atoms with Gasteiger partial charge in [-0.1, -0.05) is 25.4 Å². The van der Waals surface area contributed by atoms with Crippen molar-refractivity contribution in [3.05, 3.63) is 40.5 Å². The van der Waals surface area contributed by atoms with Crippen LogP contribution in [-0.2, 0) is 10.0 Å². The van der Waals surface area contributed by atoms with Gasteiger partial charge >= 0.3 is 0 Å². The van der Waals surface area contributed by atoms with Gasteiger partial charge in [-0.15, -0.1) is 0 Å². The van der Waals surface area contributed by atoms with Gasteiger partial charge in [0.1, 0.15) is 0 Å². The molecule has 1 aromatic heterocycles. The largest absolute Gasteiger partial charge is 0.305 e. The average molecular weight is 371 g/mol. The molecule has 0 bridgehead atoms. The zero-order valence-corrected chi connectivity index (χ0v) is 15.2. The number of amides is 1. The lowest BCUT2D eigenvalue weighted by Gasteiger charge is -2.19. The standard InChI is InChI=1S/C15H19ClN4O3S/c1-4-20(5-2)24(22,23)11-6-7-13(16)12(9-11)15(21)17-14-8-10(3)18-19-14/h6-9H,4-5H2,1-3H3,(H2,17,18,19,21). The Morgan fingerprint density at radius 1 is 1.29 bits per heavy atom. The molecule has 0 saturated carbocycles. The second-order valence-electron chi connectivity index (χ2n) is 5.12. The second kappa shape index (κ2) is 7.33. The van der Waals surface area contributed by atoms with E-state index in [0.717, 1.165) is 5.69 Å². The van der Waals surface area contributed by atoms with E-state index in [1.165, 1.54) is 22.5 Å². The molecule has 130 valence electrons. The minimum absolute atomic E-state index is 0.0268. The fourth-order valence-electron chi connectivity index (χ4n) is 2.22. The van der Waals surface area contributed by atoms with Gasteiger partial charge < -0.3 is 5.32 Å². The first-order valence-electron chi connectivity index (χ1n) is 7.42. The van der Waals surface area contributed by atoms with E-state index < -0.39 is 15.9 Å². The predicted molar refractivity (Wildman–Crippen MR) is 92.8 cm³/mol. The van der Waals surface area contributed by atoms with Gasteiger partial charge in [0.25, 0.3) is 5.91 Å². The van der Waals surface area contributed by atoms with Gasteiger partial charge in [0.2, 0.25) is 10.0 Å². The number of H-pyrrole nitrogens is 1. The van der Waals surface area contributed by atoms with E-state index in [9.17, 15) is 13.2 Å². The van der Waals surface area contributed by atoms with Crippen LogP contribution in [-0.4, -0.2) is 41.9 Å². The lowest BCUT2D eigenvalue weighted by atomic mass is 10.2. The number of anilines is 1. The highest BCUT2D eigenvalue weighted by molar-refractivity contribution is 7.89. The molecule has 0 spiro atoms. The first-order chi connectivity index (χ1) is 11.3. The zero-order chi connectivity index (χ0) is 17.9. The van der Waals surface area contributed by atoms with Crippen molar-refractivity contribution >= 4 is 33.3 Å². The molecule has 0 aliphatic heterocycles. The Kier molecular flexibility index (Phi) is 5.63. The van der Waals surface area contributed by atoms with Crippen molar-refractivity contribution in [2.75, 3.05) is 18.4 Å². The van der Waals surface area contributed by atoms with Crippen LogP contribution in [0.4, 0.5) is 5.82 Å². The van der Waals surface area contributed by atoms with Crippen molar-refractivity contribution in [3.8, 4) is 0 Å². The van der Waals surface area contributed by atoms with Crippen LogP contribution in [0.3, 0.4) is 0 Å². The van der Waals surface area contributed by atoms with Crippen molar-refractivity contribution in [1.82, 2.24) is 14.5 Å². The number of nitrogens with zero attached hydrogens (tertiary/aromatic N) is 2. The van der Waals surface area contributed by atoms with Crippen molar-refractivity contribution in [2.45, 2.75) is 25.7 Å². The van der Waals surface area contributed by atoms with Gasteiger partial charge in [-0.25, -0.2) is 8.42 Å². The number of aromatic nitrogens is 2. The van der Waals surface area contributed by atoms with E-state index >= 15 is 0 Å². The highest BCUT2D eigenvalue weighted by Crippen LogP contribution is 2.24. The Morgan fingerprint density at radius 3 is 2.50 bits per heavy atom. The number of nitrogens with one attached hydrogen (secondary N) is 2. The number of hydrogen-bond donors (Lipinski definition) is 2. The summed E-state index contributed by atoms with van der Waals surface area (Å²) >= 11 is 6.06. The maximum absolute atomic E-state index is 12.6. The Bertz CT molecular complexity index is 844. The van der Waals surface area contributed by atoms with Crippen molar-refractivity contribution < 1.29 is 13.2 Å². The lowest BCUT2D eigenvalue weighted by Crippen LogP contribution is -2.30. The molecule has 1 aromatic carbocycles. The summed E-state index contributed by atoms with van der Waals surface area (Å²) in [6.07, 6.45) is 0.